The molecule has 0 spiro atoms. The van der Waals surface area contributed by atoms with Crippen LogP contribution in [0.3, 0.4) is 0 Å². The molecular weight excluding hydrogens is 344 g/mol. The van der Waals surface area contributed by atoms with Crippen LogP contribution < -0.4 is 4.90 Å². The molecular formula is C21H26N2O2S. The normalized spacial score (nSPS) is 23.5. The summed E-state index contributed by atoms with van der Waals surface area (Å²) in [5, 5.41) is -0.230. The number of nitrogens with zero attached hydrogens (tertiary/aromatic N) is 2. The predicted molar refractivity (Wildman–Crippen MR) is 109 cm³/mol. The monoisotopic (exact) mass is 370 g/mol. The summed E-state index contributed by atoms with van der Waals surface area (Å²) in [5.74, 6) is 0.217. The second kappa shape index (κ2) is 6.95. The molecule has 2 aliphatic rings. The summed E-state index contributed by atoms with van der Waals surface area (Å²) in [7, 11) is 0. The van der Waals surface area contributed by atoms with Gasteiger partial charge in [0, 0.05) is 24.3 Å². The lowest BCUT2D eigenvalue weighted by atomic mass is 9.79. The van der Waals surface area contributed by atoms with Gasteiger partial charge in [-0.25, -0.2) is 0 Å². The minimum Gasteiger partial charge on any atom is -0.366 e. The van der Waals surface area contributed by atoms with Gasteiger partial charge in [-0.1, -0.05) is 19.1 Å². The van der Waals surface area contributed by atoms with Crippen LogP contribution in [0, 0.1) is 0 Å². The minimum absolute atomic E-state index is 0.135. The van der Waals surface area contributed by atoms with Gasteiger partial charge in [-0.2, -0.15) is 0 Å². The highest BCUT2D eigenvalue weighted by Gasteiger charge is 2.36. The number of imide groups is 1. The van der Waals surface area contributed by atoms with E-state index in [4.69, 9.17) is 0 Å². The first kappa shape index (κ1) is 18.8. The van der Waals surface area contributed by atoms with Crippen molar-refractivity contribution in [2.75, 3.05) is 18.0 Å². The van der Waals surface area contributed by atoms with Crippen molar-refractivity contribution in [1.29, 1.82) is 0 Å². The Morgan fingerprint density at radius 1 is 1.35 bits per heavy atom. The second-order valence-electron chi connectivity index (χ2n) is 7.56. The van der Waals surface area contributed by atoms with Crippen LogP contribution in [-0.2, 0) is 4.79 Å². The van der Waals surface area contributed by atoms with Gasteiger partial charge in [0.25, 0.3) is 11.1 Å². The second-order valence-corrected chi connectivity index (χ2v) is 8.55. The first-order valence-corrected chi connectivity index (χ1v) is 9.88. The molecule has 0 bridgehead atoms. The Labute approximate surface area is 159 Å². The molecule has 5 heteroatoms. The summed E-state index contributed by atoms with van der Waals surface area (Å²) in [4.78, 5) is 28.5. The molecule has 0 radical (unpaired) electrons. The average Bonchev–Trinajstić information content (AvgIpc) is 2.83. The Hall–Kier alpha value is -2.01. The topological polar surface area (TPSA) is 40.6 Å². The lowest BCUT2D eigenvalue weighted by Gasteiger charge is -2.47. The molecule has 1 saturated heterocycles. The molecule has 0 unspecified atom stereocenters. The molecule has 2 aliphatic heterocycles. The molecule has 138 valence electrons. The van der Waals surface area contributed by atoms with Gasteiger partial charge in [0.05, 0.1) is 4.91 Å². The van der Waals surface area contributed by atoms with E-state index in [1.54, 1.807) is 6.08 Å². The lowest BCUT2D eigenvalue weighted by Crippen LogP contribution is -2.48. The summed E-state index contributed by atoms with van der Waals surface area (Å²) in [6.45, 7) is 13.9. The van der Waals surface area contributed by atoms with Crippen LogP contribution in [0.1, 0.15) is 51.2 Å². The molecule has 4 nitrogen and oxygen atoms in total. The number of anilines is 1. The van der Waals surface area contributed by atoms with Crippen molar-refractivity contribution in [1.82, 2.24) is 4.90 Å². The van der Waals surface area contributed by atoms with Gasteiger partial charge >= 0.3 is 0 Å². The third-order valence-corrected chi connectivity index (χ3v) is 6.12. The number of hydrogen-bond acceptors (Lipinski definition) is 4. The number of amides is 2. The fourth-order valence-corrected chi connectivity index (χ4v) is 4.98. The number of carbonyl (C=O) groups is 2. The highest BCUT2D eigenvalue weighted by atomic mass is 32.2. The van der Waals surface area contributed by atoms with Gasteiger partial charge in [-0.15, -0.1) is 6.58 Å². The minimum atomic E-state index is -0.234. The molecule has 2 heterocycles. The Morgan fingerprint density at radius 3 is 2.73 bits per heavy atom. The lowest BCUT2D eigenvalue weighted by molar-refractivity contribution is -0.122. The molecule has 2 amide bonds. The number of hydrogen-bond donors (Lipinski definition) is 0. The van der Waals surface area contributed by atoms with Gasteiger partial charge in [0.1, 0.15) is 0 Å². The summed E-state index contributed by atoms with van der Waals surface area (Å²) in [5.41, 5.74) is 3.68. The van der Waals surface area contributed by atoms with Gasteiger partial charge in [-0.3, -0.25) is 14.5 Å². The third kappa shape index (κ3) is 3.20. The number of rotatable bonds is 4. The van der Waals surface area contributed by atoms with E-state index in [-0.39, 0.29) is 23.2 Å². The van der Waals surface area contributed by atoms with E-state index < -0.39 is 0 Å². The van der Waals surface area contributed by atoms with Crippen LogP contribution in [0.15, 0.2) is 35.8 Å². The van der Waals surface area contributed by atoms with E-state index >= 15 is 0 Å². The highest BCUT2D eigenvalue weighted by Crippen LogP contribution is 2.44. The molecule has 0 aliphatic carbocycles. The first-order chi connectivity index (χ1) is 12.3. The maximum absolute atomic E-state index is 12.4. The third-order valence-electron chi connectivity index (χ3n) is 5.21. The quantitative estimate of drug-likeness (QED) is 0.551. The van der Waals surface area contributed by atoms with E-state index in [0.717, 1.165) is 30.3 Å². The maximum Gasteiger partial charge on any atom is 0.293 e. The van der Waals surface area contributed by atoms with Crippen molar-refractivity contribution in [3.05, 3.63) is 46.9 Å². The van der Waals surface area contributed by atoms with E-state index in [2.05, 4.69) is 51.3 Å². The zero-order chi connectivity index (χ0) is 19.1. The van der Waals surface area contributed by atoms with E-state index in [1.807, 2.05) is 12.1 Å². The number of carbonyl (C=O) groups excluding carboxylic acids is 2. The summed E-state index contributed by atoms with van der Waals surface area (Å²) in [6, 6.07) is 6.35. The number of thioether (sulfide) groups is 1. The predicted octanol–water partition coefficient (Wildman–Crippen LogP) is 5.02. The van der Waals surface area contributed by atoms with Crippen LogP contribution in [-0.4, -0.2) is 34.7 Å². The Kier molecular flexibility index (Phi) is 5.02. The van der Waals surface area contributed by atoms with Gasteiger partial charge in [0.2, 0.25) is 0 Å². The number of fused-ring (bicyclic) bond motifs is 1. The van der Waals surface area contributed by atoms with Crippen molar-refractivity contribution < 1.29 is 9.59 Å². The molecule has 3 rings (SSSR count). The van der Waals surface area contributed by atoms with E-state index in [0.29, 0.717) is 10.8 Å². The van der Waals surface area contributed by atoms with Crippen LogP contribution in [0.4, 0.5) is 10.5 Å². The van der Waals surface area contributed by atoms with Crippen LogP contribution in [0.25, 0.3) is 6.08 Å². The Morgan fingerprint density at radius 2 is 2.08 bits per heavy atom. The molecule has 1 atom stereocenters. The molecule has 0 N–H and O–H groups in total. The molecule has 1 aromatic rings. The first-order valence-electron chi connectivity index (χ1n) is 9.06. The fraction of sp³-hybridized carbons (Fsp3) is 0.429. The van der Waals surface area contributed by atoms with Gasteiger partial charge in [-0.05, 0) is 74.2 Å². The van der Waals surface area contributed by atoms with E-state index in [9.17, 15) is 9.59 Å². The summed E-state index contributed by atoms with van der Waals surface area (Å²) in [6.07, 6.45) is 4.49. The van der Waals surface area contributed by atoms with Crippen LogP contribution in [0.2, 0.25) is 0 Å². The maximum atomic E-state index is 12.4. The zero-order valence-electron chi connectivity index (χ0n) is 15.9. The fourth-order valence-electron chi connectivity index (χ4n) is 4.14. The average molecular weight is 371 g/mol. The van der Waals surface area contributed by atoms with Crippen molar-refractivity contribution >= 4 is 34.7 Å². The zero-order valence-corrected chi connectivity index (χ0v) is 16.7. The molecule has 1 aromatic carbocycles. The van der Waals surface area contributed by atoms with Crippen molar-refractivity contribution in [3.63, 3.8) is 0 Å². The SMILES string of the molecule is C=CCN1C(=O)S/C(=C\c2ccc3c(c2)[C@H](C)CC(C)(C)N3CC)C1=O. The van der Waals surface area contributed by atoms with Crippen molar-refractivity contribution in [2.24, 2.45) is 0 Å². The largest absolute Gasteiger partial charge is 0.366 e. The van der Waals surface area contributed by atoms with Crippen molar-refractivity contribution in [3.8, 4) is 0 Å². The van der Waals surface area contributed by atoms with Crippen molar-refractivity contribution in [2.45, 2.75) is 45.6 Å². The molecule has 0 aromatic heterocycles. The standard InChI is InChI=1S/C21H26N2O2S/c1-6-10-22-19(24)18(26-20(22)25)12-15-8-9-17-16(11-15)14(3)13-21(4,5)23(17)7-2/h6,8-9,11-12,14H,1,7,10,13H2,2-5H3/b18-12-/t14-/m1/s1. The summed E-state index contributed by atoms with van der Waals surface area (Å²) < 4.78 is 0. The Bertz CT molecular complexity index is 797. The van der Waals surface area contributed by atoms with Gasteiger partial charge in [0.15, 0.2) is 0 Å². The van der Waals surface area contributed by atoms with Gasteiger partial charge < -0.3 is 4.90 Å². The highest BCUT2D eigenvalue weighted by molar-refractivity contribution is 8.18. The van der Waals surface area contributed by atoms with Crippen LogP contribution >= 0.6 is 11.8 Å². The molecule has 26 heavy (non-hydrogen) atoms. The van der Waals surface area contributed by atoms with Crippen LogP contribution in [0.5, 0.6) is 0 Å². The summed E-state index contributed by atoms with van der Waals surface area (Å²) >= 11 is 1.000. The number of benzene rings is 1. The molecule has 1 fully saturated rings. The Balaban J connectivity index is 1.95. The smallest absolute Gasteiger partial charge is 0.293 e. The molecule has 0 saturated carbocycles. The van der Waals surface area contributed by atoms with E-state index in [1.165, 1.54) is 16.2 Å².